The van der Waals surface area contributed by atoms with Gasteiger partial charge in [-0.2, -0.15) is 0 Å². The van der Waals surface area contributed by atoms with Crippen LogP contribution in [0.1, 0.15) is 61.5 Å². The molecule has 1 heterocycles. The molecule has 4 aliphatic carbocycles. The van der Waals surface area contributed by atoms with E-state index < -0.39 is 0 Å². The van der Waals surface area contributed by atoms with Crippen molar-refractivity contribution < 1.29 is 14.6 Å². The van der Waals surface area contributed by atoms with Gasteiger partial charge in [-0.1, -0.05) is 18.2 Å². The fraction of sp³-hybridized carbons (Fsp3) is 0.444. The van der Waals surface area contributed by atoms with E-state index in [1.165, 1.54) is 38.5 Å². The molecule has 0 amide bonds. The maximum absolute atomic E-state index is 12.1. The summed E-state index contributed by atoms with van der Waals surface area (Å²) in [6.07, 6.45) is 7.88. The molecule has 4 saturated carbocycles. The van der Waals surface area contributed by atoms with E-state index in [0.717, 1.165) is 45.3 Å². The fourth-order valence-electron chi connectivity index (χ4n) is 7.21. The van der Waals surface area contributed by atoms with Crippen LogP contribution < -0.4 is 0 Å². The van der Waals surface area contributed by atoms with Crippen molar-refractivity contribution in [2.75, 3.05) is 6.61 Å². The Bertz CT molecular complexity index is 1140. The third kappa shape index (κ3) is 3.07. The Kier molecular flexibility index (Phi) is 4.21. The number of phenolic OH excluding ortho intramolecular Hbond substituents is 1. The molecular weight excluding hydrogens is 386 g/mol. The number of hydrogen-bond donors (Lipinski definition) is 2. The number of nitrogens with one attached hydrogen (secondary N) is 1. The largest absolute Gasteiger partial charge is 0.508 e. The Morgan fingerprint density at radius 1 is 1.00 bits per heavy atom. The molecule has 4 fully saturated rings. The van der Waals surface area contributed by atoms with Crippen LogP contribution in [-0.2, 0) is 10.2 Å². The lowest BCUT2D eigenvalue weighted by Gasteiger charge is -2.57. The Morgan fingerprint density at radius 3 is 2.32 bits per heavy atom. The maximum atomic E-state index is 12.1. The third-order valence-corrected chi connectivity index (χ3v) is 8.06. The Balaban J connectivity index is 1.38. The highest BCUT2D eigenvalue weighted by molar-refractivity contribution is 5.96. The number of benzene rings is 2. The topological polar surface area (TPSA) is 62.3 Å². The molecule has 4 aliphatic rings. The molecule has 0 saturated heterocycles. The Hall–Kier alpha value is -2.75. The SMILES string of the molecule is CCOC(=O)c1cc2ccc(-c3ccc(O)c(C45CC6CC(CC(C6)C4)C5)c3)cc2[nH]1. The highest BCUT2D eigenvalue weighted by Crippen LogP contribution is 2.62. The van der Waals surface area contributed by atoms with Crippen LogP contribution in [0.5, 0.6) is 5.75 Å². The average Bonchev–Trinajstić information content (AvgIpc) is 3.17. The number of carbonyl (C=O) groups excluding carboxylic acids is 1. The van der Waals surface area contributed by atoms with Gasteiger partial charge in [-0.25, -0.2) is 4.79 Å². The standard InChI is InChI=1S/C27H29NO3/c1-2-31-26(30)24-12-21-4-3-20(11-23(21)28-24)19-5-6-25(29)22(10-19)27-13-16-7-17(14-27)9-18(8-16)15-27/h3-6,10-12,16-18,28-29H,2,7-9,13-15H2,1H3. The predicted octanol–water partition coefficient (Wildman–Crippen LogP) is 6.19. The van der Waals surface area contributed by atoms with Crippen LogP contribution in [0.15, 0.2) is 42.5 Å². The first-order valence-corrected chi connectivity index (χ1v) is 11.7. The third-order valence-electron chi connectivity index (χ3n) is 8.06. The molecular formula is C27H29NO3. The average molecular weight is 416 g/mol. The summed E-state index contributed by atoms with van der Waals surface area (Å²) in [6.45, 7) is 2.17. The van der Waals surface area contributed by atoms with E-state index in [4.69, 9.17) is 4.74 Å². The number of rotatable bonds is 4. The van der Waals surface area contributed by atoms with Crippen molar-refractivity contribution in [1.29, 1.82) is 0 Å². The first-order valence-electron chi connectivity index (χ1n) is 11.7. The molecule has 160 valence electrons. The molecule has 2 N–H and O–H groups in total. The van der Waals surface area contributed by atoms with Crippen LogP contribution in [0.2, 0.25) is 0 Å². The molecule has 4 bridgehead atoms. The van der Waals surface area contributed by atoms with Crippen molar-refractivity contribution in [3.63, 3.8) is 0 Å². The second kappa shape index (κ2) is 6.88. The zero-order chi connectivity index (χ0) is 21.2. The minimum absolute atomic E-state index is 0.155. The van der Waals surface area contributed by atoms with Crippen molar-refractivity contribution in [1.82, 2.24) is 4.98 Å². The number of esters is 1. The van der Waals surface area contributed by atoms with Gasteiger partial charge in [0.1, 0.15) is 11.4 Å². The molecule has 4 heteroatoms. The van der Waals surface area contributed by atoms with E-state index >= 15 is 0 Å². The Morgan fingerprint density at radius 2 is 1.65 bits per heavy atom. The van der Waals surface area contributed by atoms with Gasteiger partial charge in [0.2, 0.25) is 0 Å². The number of aromatic nitrogens is 1. The number of aromatic amines is 1. The Labute approximate surface area is 182 Å². The number of H-pyrrole nitrogens is 1. The summed E-state index contributed by atoms with van der Waals surface area (Å²) in [6, 6.07) is 14.2. The lowest BCUT2D eigenvalue weighted by molar-refractivity contribution is -0.00611. The van der Waals surface area contributed by atoms with Gasteiger partial charge in [0.25, 0.3) is 0 Å². The van der Waals surface area contributed by atoms with Gasteiger partial charge in [0.05, 0.1) is 6.61 Å². The summed E-state index contributed by atoms with van der Waals surface area (Å²) in [4.78, 5) is 15.3. The number of aromatic hydroxyl groups is 1. The van der Waals surface area contributed by atoms with Crippen LogP contribution in [0.25, 0.3) is 22.0 Å². The zero-order valence-corrected chi connectivity index (χ0v) is 18.0. The van der Waals surface area contributed by atoms with E-state index in [0.29, 0.717) is 18.1 Å². The predicted molar refractivity (Wildman–Crippen MR) is 121 cm³/mol. The molecule has 0 spiro atoms. The summed E-state index contributed by atoms with van der Waals surface area (Å²) in [7, 11) is 0. The molecule has 31 heavy (non-hydrogen) atoms. The minimum Gasteiger partial charge on any atom is -0.508 e. The number of ether oxygens (including phenoxy) is 1. The van der Waals surface area contributed by atoms with Gasteiger partial charge in [-0.3, -0.25) is 0 Å². The molecule has 0 aliphatic heterocycles. The second-order valence-corrected chi connectivity index (χ2v) is 10.1. The monoisotopic (exact) mass is 415 g/mol. The molecule has 0 atom stereocenters. The summed E-state index contributed by atoms with van der Waals surface area (Å²) in [5, 5.41) is 11.9. The van der Waals surface area contributed by atoms with Crippen LogP contribution in [-0.4, -0.2) is 22.7 Å². The van der Waals surface area contributed by atoms with E-state index in [2.05, 4.69) is 23.2 Å². The maximum Gasteiger partial charge on any atom is 0.354 e. The van der Waals surface area contributed by atoms with E-state index in [-0.39, 0.29) is 11.4 Å². The fourth-order valence-corrected chi connectivity index (χ4v) is 7.21. The van der Waals surface area contributed by atoms with Gasteiger partial charge in [-0.05, 0) is 104 Å². The molecule has 4 nitrogen and oxygen atoms in total. The van der Waals surface area contributed by atoms with Gasteiger partial charge in [0.15, 0.2) is 0 Å². The minimum atomic E-state index is -0.325. The summed E-state index contributed by atoms with van der Waals surface area (Å²) < 4.78 is 5.12. The smallest absolute Gasteiger partial charge is 0.354 e. The number of carbonyl (C=O) groups is 1. The first kappa shape index (κ1) is 19.0. The lowest BCUT2D eigenvalue weighted by atomic mass is 9.48. The highest BCUT2D eigenvalue weighted by Gasteiger charge is 2.52. The van der Waals surface area contributed by atoms with Crippen molar-refractivity contribution in [3.8, 4) is 16.9 Å². The van der Waals surface area contributed by atoms with Gasteiger partial charge in [-0.15, -0.1) is 0 Å². The van der Waals surface area contributed by atoms with Crippen molar-refractivity contribution in [2.24, 2.45) is 17.8 Å². The molecule has 1 aromatic heterocycles. The van der Waals surface area contributed by atoms with Gasteiger partial charge in [0, 0.05) is 16.5 Å². The van der Waals surface area contributed by atoms with Gasteiger partial charge >= 0.3 is 5.97 Å². The summed E-state index contributed by atoms with van der Waals surface area (Å²) >= 11 is 0. The first-order chi connectivity index (χ1) is 15.0. The molecule has 3 aromatic rings. The summed E-state index contributed by atoms with van der Waals surface area (Å²) in [5.74, 6) is 2.65. The summed E-state index contributed by atoms with van der Waals surface area (Å²) in [5.41, 5.74) is 4.93. The van der Waals surface area contributed by atoms with Crippen LogP contribution in [0.4, 0.5) is 0 Å². The van der Waals surface area contributed by atoms with E-state index in [1.54, 1.807) is 0 Å². The van der Waals surface area contributed by atoms with Crippen LogP contribution in [0.3, 0.4) is 0 Å². The second-order valence-electron chi connectivity index (χ2n) is 10.1. The molecule has 0 radical (unpaired) electrons. The quantitative estimate of drug-likeness (QED) is 0.500. The molecule has 7 rings (SSSR count). The zero-order valence-electron chi connectivity index (χ0n) is 18.0. The van der Waals surface area contributed by atoms with Gasteiger partial charge < -0.3 is 14.8 Å². The number of phenols is 1. The lowest BCUT2D eigenvalue weighted by Crippen LogP contribution is -2.48. The van der Waals surface area contributed by atoms with E-state index in [1.807, 2.05) is 31.2 Å². The number of fused-ring (bicyclic) bond motifs is 1. The van der Waals surface area contributed by atoms with Crippen molar-refractivity contribution in [2.45, 2.75) is 50.9 Å². The molecule has 2 aromatic carbocycles. The van der Waals surface area contributed by atoms with E-state index in [9.17, 15) is 9.90 Å². The normalized spacial score (nSPS) is 28.9. The highest BCUT2D eigenvalue weighted by atomic mass is 16.5. The molecule has 0 unspecified atom stereocenters. The van der Waals surface area contributed by atoms with Crippen molar-refractivity contribution >= 4 is 16.9 Å². The van der Waals surface area contributed by atoms with Crippen LogP contribution >= 0.6 is 0 Å². The number of hydrogen-bond acceptors (Lipinski definition) is 3. The van der Waals surface area contributed by atoms with Crippen molar-refractivity contribution in [3.05, 3.63) is 53.7 Å². The van der Waals surface area contributed by atoms with Crippen LogP contribution in [0, 0.1) is 17.8 Å².